The van der Waals surface area contributed by atoms with Gasteiger partial charge in [-0.05, 0) is 42.5 Å². The Balaban J connectivity index is 1.70. The van der Waals surface area contributed by atoms with E-state index >= 15 is 0 Å². The average molecular weight is 388 g/mol. The lowest BCUT2D eigenvalue weighted by Gasteiger charge is -2.15. The van der Waals surface area contributed by atoms with Crippen LogP contribution in [0.4, 0.5) is 11.4 Å². The molecule has 1 saturated heterocycles. The van der Waals surface area contributed by atoms with Gasteiger partial charge in [-0.2, -0.15) is 0 Å². The van der Waals surface area contributed by atoms with Crippen LogP contribution in [0.25, 0.3) is 0 Å². The van der Waals surface area contributed by atoms with E-state index in [1.54, 1.807) is 18.3 Å². The number of hydrogen-bond donors (Lipinski definition) is 2. The zero-order chi connectivity index (χ0) is 19.4. The van der Waals surface area contributed by atoms with Crippen molar-refractivity contribution in [2.45, 2.75) is 39.2 Å². The molecular formula is C20H25N3O3S. The van der Waals surface area contributed by atoms with Crippen LogP contribution in [0.15, 0.2) is 36.5 Å². The van der Waals surface area contributed by atoms with Crippen molar-refractivity contribution in [1.29, 1.82) is 0 Å². The van der Waals surface area contributed by atoms with Gasteiger partial charge in [0.25, 0.3) is 5.91 Å². The summed E-state index contributed by atoms with van der Waals surface area (Å²) in [4.78, 5) is 16.9. The van der Waals surface area contributed by atoms with E-state index in [2.05, 4.69) is 29.5 Å². The largest absolute Gasteiger partial charge is 0.380 e. The summed E-state index contributed by atoms with van der Waals surface area (Å²) in [6, 6.07) is 9.37. The van der Waals surface area contributed by atoms with Gasteiger partial charge in [0.05, 0.1) is 23.4 Å². The fourth-order valence-electron chi connectivity index (χ4n) is 3.34. The molecule has 2 N–H and O–H groups in total. The summed E-state index contributed by atoms with van der Waals surface area (Å²) in [5.41, 5.74) is 4.11. The predicted molar refractivity (Wildman–Crippen MR) is 108 cm³/mol. The Bertz CT molecular complexity index is 902. The first kappa shape index (κ1) is 19.4. The van der Waals surface area contributed by atoms with Gasteiger partial charge in [-0.25, -0.2) is 13.4 Å². The molecule has 0 spiro atoms. The summed E-state index contributed by atoms with van der Waals surface area (Å²) >= 11 is 0. The van der Waals surface area contributed by atoms with E-state index in [0.717, 1.165) is 35.3 Å². The number of aromatic nitrogens is 1. The van der Waals surface area contributed by atoms with Gasteiger partial charge in [-0.15, -0.1) is 0 Å². The van der Waals surface area contributed by atoms with Crippen molar-refractivity contribution in [3.8, 4) is 0 Å². The van der Waals surface area contributed by atoms with Crippen molar-refractivity contribution in [2.24, 2.45) is 0 Å². The molecule has 1 aromatic heterocycles. The van der Waals surface area contributed by atoms with Crippen LogP contribution in [0, 0.1) is 0 Å². The third-order valence-electron chi connectivity index (χ3n) is 4.84. The summed E-state index contributed by atoms with van der Waals surface area (Å²) in [5, 5.41) is 6.17. The predicted octanol–water partition coefficient (Wildman–Crippen LogP) is 3.06. The highest BCUT2D eigenvalue weighted by Gasteiger charge is 2.27. The third kappa shape index (κ3) is 4.66. The molecule has 0 radical (unpaired) electrons. The molecule has 1 amide bonds. The molecule has 144 valence electrons. The van der Waals surface area contributed by atoms with Crippen LogP contribution in [-0.4, -0.2) is 36.9 Å². The van der Waals surface area contributed by atoms with E-state index in [1.807, 2.05) is 18.2 Å². The molecule has 27 heavy (non-hydrogen) atoms. The number of pyridine rings is 1. The zero-order valence-electron chi connectivity index (χ0n) is 15.7. The number of nitrogens with zero attached hydrogens (tertiary/aromatic N) is 1. The van der Waals surface area contributed by atoms with E-state index in [-0.39, 0.29) is 23.5 Å². The molecule has 1 atom stereocenters. The number of carbonyl (C=O) groups excluding carboxylic acids is 1. The quantitative estimate of drug-likeness (QED) is 0.795. The normalized spacial score (nSPS) is 18.2. The maximum atomic E-state index is 12.6. The topological polar surface area (TPSA) is 88.2 Å². The van der Waals surface area contributed by atoms with Gasteiger partial charge in [-0.1, -0.05) is 32.0 Å². The van der Waals surface area contributed by atoms with Crippen LogP contribution in [0.1, 0.15) is 41.9 Å². The van der Waals surface area contributed by atoms with Crippen molar-refractivity contribution in [1.82, 2.24) is 4.98 Å². The summed E-state index contributed by atoms with van der Waals surface area (Å²) < 4.78 is 23.1. The number of sulfone groups is 1. The smallest absolute Gasteiger partial charge is 0.274 e. The molecular weight excluding hydrogens is 362 g/mol. The second kappa shape index (κ2) is 8.08. The molecule has 1 aromatic carbocycles. The Hall–Kier alpha value is -2.41. The highest BCUT2D eigenvalue weighted by atomic mass is 32.2. The first-order chi connectivity index (χ1) is 12.9. The number of aryl methyl sites for hydroxylation is 2. The maximum absolute atomic E-state index is 12.6. The van der Waals surface area contributed by atoms with Gasteiger partial charge >= 0.3 is 0 Å². The van der Waals surface area contributed by atoms with Crippen LogP contribution in [0.3, 0.4) is 0 Å². The van der Waals surface area contributed by atoms with E-state index in [0.29, 0.717) is 12.1 Å². The minimum absolute atomic E-state index is 0.0972. The molecule has 1 aliphatic rings. The monoisotopic (exact) mass is 387 g/mol. The van der Waals surface area contributed by atoms with Crippen molar-refractivity contribution in [2.75, 3.05) is 22.1 Å². The molecule has 7 heteroatoms. The lowest BCUT2D eigenvalue weighted by molar-refractivity contribution is 0.102. The maximum Gasteiger partial charge on any atom is 0.274 e. The fraction of sp³-hybridized carbons (Fsp3) is 0.400. The zero-order valence-corrected chi connectivity index (χ0v) is 16.5. The Morgan fingerprint density at radius 2 is 1.85 bits per heavy atom. The van der Waals surface area contributed by atoms with Gasteiger partial charge in [-0.3, -0.25) is 4.79 Å². The molecule has 0 saturated carbocycles. The van der Waals surface area contributed by atoms with Crippen molar-refractivity contribution >= 4 is 27.1 Å². The van der Waals surface area contributed by atoms with Crippen LogP contribution in [0.5, 0.6) is 0 Å². The van der Waals surface area contributed by atoms with Crippen LogP contribution < -0.4 is 10.6 Å². The standard InChI is InChI=1S/C20H25N3O3S/c1-3-14-6-5-7-15(4-2)19(14)23-20(24)18-9-8-16(12-21-18)22-17-10-11-27(25,26)13-17/h5-9,12,17,22H,3-4,10-11,13H2,1-2H3,(H,23,24). The Kier molecular flexibility index (Phi) is 5.79. The summed E-state index contributed by atoms with van der Waals surface area (Å²) in [6.45, 7) is 4.12. The van der Waals surface area contributed by atoms with E-state index in [1.165, 1.54) is 0 Å². The SMILES string of the molecule is CCc1cccc(CC)c1NC(=O)c1ccc(NC2CCS(=O)(=O)C2)cn1. The highest BCUT2D eigenvalue weighted by Crippen LogP contribution is 2.23. The van der Waals surface area contributed by atoms with Gasteiger partial charge in [0.15, 0.2) is 9.84 Å². The minimum atomic E-state index is -2.93. The number of nitrogens with one attached hydrogen (secondary N) is 2. The second-order valence-corrected chi connectivity index (χ2v) is 9.02. The number of para-hydroxylation sites is 1. The highest BCUT2D eigenvalue weighted by molar-refractivity contribution is 7.91. The fourth-order valence-corrected chi connectivity index (χ4v) is 5.01. The molecule has 1 unspecified atom stereocenters. The summed E-state index contributed by atoms with van der Waals surface area (Å²) in [5.74, 6) is 0.110. The number of anilines is 2. The first-order valence-electron chi connectivity index (χ1n) is 9.27. The second-order valence-electron chi connectivity index (χ2n) is 6.79. The Morgan fingerprint density at radius 3 is 2.37 bits per heavy atom. The molecule has 2 aromatic rings. The van der Waals surface area contributed by atoms with Crippen molar-refractivity contribution in [3.05, 3.63) is 53.3 Å². The van der Waals surface area contributed by atoms with Crippen LogP contribution >= 0.6 is 0 Å². The lowest BCUT2D eigenvalue weighted by atomic mass is 10.0. The number of rotatable bonds is 6. The Morgan fingerprint density at radius 1 is 1.15 bits per heavy atom. The summed E-state index contributed by atoms with van der Waals surface area (Å²) in [7, 11) is -2.93. The minimum Gasteiger partial charge on any atom is -0.380 e. The molecule has 1 aliphatic heterocycles. The van der Waals surface area contributed by atoms with Gasteiger partial charge in [0.1, 0.15) is 5.69 Å². The molecule has 6 nitrogen and oxygen atoms in total. The first-order valence-corrected chi connectivity index (χ1v) is 11.1. The molecule has 3 rings (SSSR count). The van der Waals surface area contributed by atoms with E-state index in [9.17, 15) is 13.2 Å². The van der Waals surface area contributed by atoms with Crippen LogP contribution in [0.2, 0.25) is 0 Å². The van der Waals surface area contributed by atoms with Gasteiger partial charge in [0.2, 0.25) is 0 Å². The molecule has 0 bridgehead atoms. The third-order valence-corrected chi connectivity index (χ3v) is 6.60. The Labute approximate surface area is 160 Å². The summed E-state index contributed by atoms with van der Waals surface area (Å²) in [6.07, 6.45) is 3.85. The van der Waals surface area contributed by atoms with Gasteiger partial charge in [0, 0.05) is 11.7 Å². The van der Waals surface area contributed by atoms with E-state index < -0.39 is 9.84 Å². The number of hydrogen-bond acceptors (Lipinski definition) is 5. The van der Waals surface area contributed by atoms with Crippen molar-refractivity contribution in [3.63, 3.8) is 0 Å². The van der Waals surface area contributed by atoms with E-state index in [4.69, 9.17) is 0 Å². The molecule has 1 fully saturated rings. The number of amides is 1. The number of carbonyl (C=O) groups is 1. The lowest BCUT2D eigenvalue weighted by Crippen LogP contribution is -2.21. The van der Waals surface area contributed by atoms with Crippen LogP contribution in [-0.2, 0) is 22.7 Å². The number of benzene rings is 1. The van der Waals surface area contributed by atoms with Gasteiger partial charge < -0.3 is 10.6 Å². The van der Waals surface area contributed by atoms with Crippen molar-refractivity contribution < 1.29 is 13.2 Å². The average Bonchev–Trinajstić information content (AvgIpc) is 3.00. The molecule has 0 aliphatic carbocycles. The molecule has 2 heterocycles.